The van der Waals surface area contributed by atoms with Crippen LogP contribution in [0.1, 0.15) is 23.6 Å². The molecule has 0 bridgehead atoms. The Hall–Kier alpha value is -1.74. The first-order valence-corrected chi connectivity index (χ1v) is 7.34. The molecule has 2 N–H and O–H groups in total. The molecule has 9 heteroatoms. The molecule has 23 heavy (non-hydrogen) atoms. The summed E-state index contributed by atoms with van der Waals surface area (Å²) in [6.07, 6.45) is -4.09. The van der Waals surface area contributed by atoms with Crippen LogP contribution >= 0.6 is 0 Å². The molecule has 1 saturated heterocycles. The highest BCUT2D eigenvalue weighted by atomic mass is 19.4. The van der Waals surface area contributed by atoms with Crippen LogP contribution in [0.2, 0.25) is 0 Å². The lowest BCUT2D eigenvalue weighted by molar-refractivity contribution is -0.141. The number of rotatable bonds is 5. The number of aryl methyl sites for hydroxylation is 1. The minimum Gasteiger partial charge on any atom is -0.378 e. The predicted molar refractivity (Wildman–Crippen MR) is 75.7 cm³/mol. The molecule has 0 radical (unpaired) electrons. The Morgan fingerprint density at radius 3 is 2.91 bits per heavy atom. The fraction of sp³-hybridized carbons (Fsp3) is 0.643. The fourth-order valence-electron chi connectivity index (χ4n) is 2.25. The van der Waals surface area contributed by atoms with Crippen LogP contribution in [0.3, 0.4) is 0 Å². The zero-order valence-electron chi connectivity index (χ0n) is 12.7. The zero-order chi connectivity index (χ0) is 16.9. The number of aromatic nitrogens is 2. The Kier molecular flexibility index (Phi) is 5.89. The highest BCUT2D eigenvalue weighted by molar-refractivity contribution is 5.76. The van der Waals surface area contributed by atoms with Gasteiger partial charge in [-0.2, -0.15) is 13.2 Å². The average Bonchev–Trinajstić information content (AvgIpc) is 2.47. The number of morpholine rings is 1. The first kappa shape index (κ1) is 17.6. The van der Waals surface area contributed by atoms with Crippen molar-refractivity contribution in [3.8, 4) is 0 Å². The van der Waals surface area contributed by atoms with Crippen molar-refractivity contribution in [2.45, 2.75) is 32.0 Å². The molecule has 1 aromatic heterocycles. The van der Waals surface area contributed by atoms with E-state index < -0.39 is 11.9 Å². The van der Waals surface area contributed by atoms with E-state index in [2.05, 4.69) is 20.6 Å². The number of halogens is 3. The van der Waals surface area contributed by atoms with Crippen molar-refractivity contribution in [2.24, 2.45) is 0 Å². The van der Waals surface area contributed by atoms with Crippen molar-refractivity contribution in [1.82, 2.24) is 20.6 Å². The molecule has 2 heterocycles. The Morgan fingerprint density at radius 1 is 1.48 bits per heavy atom. The molecule has 1 aliphatic heterocycles. The highest BCUT2D eigenvalue weighted by Crippen LogP contribution is 2.27. The van der Waals surface area contributed by atoms with Crippen LogP contribution in [0.4, 0.5) is 13.2 Å². The molecule has 0 saturated carbocycles. The lowest BCUT2D eigenvalue weighted by atomic mass is 10.2. The van der Waals surface area contributed by atoms with Crippen molar-refractivity contribution in [1.29, 1.82) is 0 Å². The molecule has 128 valence electrons. The topological polar surface area (TPSA) is 76.1 Å². The smallest absolute Gasteiger partial charge is 0.378 e. The Morgan fingerprint density at radius 2 is 2.26 bits per heavy atom. The van der Waals surface area contributed by atoms with E-state index in [-0.39, 0.29) is 42.9 Å². The van der Waals surface area contributed by atoms with Crippen LogP contribution < -0.4 is 10.6 Å². The maximum Gasteiger partial charge on any atom is 0.433 e. The summed E-state index contributed by atoms with van der Waals surface area (Å²) in [7, 11) is 0. The minimum absolute atomic E-state index is 0.0317. The van der Waals surface area contributed by atoms with Crippen LogP contribution in [-0.2, 0) is 22.1 Å². The summed E-state index contributed by atoms with van der Waals surface area (Å²) in [6, 6.07) is 0.868. The summed E-state index contributed by atoms with van der Waals surface area (Å²) in [5.41, 5.74) is -0.716. The summed E-state index contributed by atoms with van der Waals surface area (Å²) >= 11 is 0. The molecule has 0 spiro atoms. The summed E-state index contributed by atoms with van der Waals surface area (Å²) in [5.74, 6) is -0.117. The predicted octanol–water partition coefficient (Wildman–Crippen LogP) is 0.841. The molecule has 0 aliphatic carbocycles. The monoisotopic (exact) mass is 332 g/mol. The van der Waals surface area contributed by atoms with Crippen molar-refractivity contribution in [3.63, 3.8) is 0 Å². The number of carbonyl (C=O) groups is 1. The second-order valence-corrected chi connectivity index (χ2v) is 5.34. The van der Waals surface area contributed by atoms with Gasteiger partial charge in [0.1, 0.15) is 11.5 Å². The van der Waals surface area contributed by atoms with Crippen molar-refractivity contribution < 1.29 is 22.7 Å². The van der Waals surface area contributed by atoms with Gasteiger partial charge in [0.05, 0.1) is 13.2 Å². The van der Waals surface area contributed by atoms with Crippen LogP contribution in [0.25, 0.3) is 0 Å². The summed E-state index contributed by atoms with van der Waals surface area (Å²) in [5, 5.41) is 5.81. The lowest BCUT2D eigenvalue weighted by Crippen LogP contribution is -2.44. The van der Waals surface area contributed by atoms with Crippen molar-refractivity contribution >= 4 is 5.91 Å². The number of ether oxygens (including phenoxy) is 1. The van der Waals surface area contributed by atoms with Gasteiger partial charge in [-0.1, -0.05) is 0 Å². The number of hydrogen-bond donors (Lipinski definition) is 2. The maximum absolute atomic E-state index is 12.7. The van der Waals surface area contributed by atoms with Crippen LogP contribution in [0, 0.1) is 6.92 Å². The molecule has 1 aliphatic rings. The van der Waals surface area contributed by atoms with Gasteiger partial charge in [-0.05, 0) is 13.0 Å². The van der Waals surface area contributed by atoms with Gasteiger partial charge in [0.25, 0.3) is 0 Å². The summed E-state index contributed by atoms with van der Waals surface area (Å²) < 4.78 is 43.3. The molecule has 1 amide bonds. The van der Waals surface area contributed by atoms with E-state index in [4.69, 9.17) is 4.74 Å². The largest absolute Gasteiger partial charge is 0.433 e. The Labute approximate surface area is 131 Å². The second kappa shape index (κ2) is 7.69. The van der Waals surface area contributed by atoms with E-state index in [1.54, 1.807) is 0 Å². The maximum atomic E-state index is 12.7. The van der Waals surface area contributed by atoms with Crippen LogP contribution in [0.15, 0.2) is 6.07 Å². The average molecular weight is 332 g/mol. The molecule has 2 rings (SSSR count). The quantitative estimate of drug-likeness (QED) is 0.836. The molecule has 1 fully saturated rings. The van der Waals surface area contributed by atoms with Gasteiger partial charge in [-0.3, -0.25) is 4.79 Å². The third kappa shape index (κ3) is 5.76. The summed E-state index contributed by atoms with van der Waals surface area (Å²) in [4.78, 5) is 19.2. The normalized spacial score (nSPS) is 18.7. The molecule has 1 aromatic rings. The van der Waals surface area contributed by atoms with Gasteiger partial charge in [0.2, 0.25) is 5.91 Å². The Balaban J connectivity index is 1.81. The van der Waals surface area contributed by atoms with Crippen molar-refractivity contribution in [2.75, 3.05) is 26.3 Å². The highest BCUT2D eigenvalue weighted by Gasteiger charge is 2.33. The number of nitrogens with one attached hydrogen (secondary N) is 2. The van der Waals surface area contributed by atoms with E-state index >= 15 is 0 Å². The fourth-order valence-corrected chi connectivity index (χ4v) is 2.25. The van der Waals surface area contributed by atoms with Crippen molar-refractivity contribution in [3.05, 3.63) is 23.3 Å². The van der Waals surface area contributed by atoms with E-state index in [0.29, 0.717) is 19.8 Å². The number of nitrogens with zero attached hydrogens (tertiary/aromatic N) is 2. The molecule has 1 unspecified atom stereocenters. The number of alkyl halides is 3. The first-order chi connectivity index (χ1) is 10.8. The van der Waals surface area contributed by atoms with Crippen LogP contribution in [0.5, 0.6) is 0 Å². The number of carbonyl (C=O) groups excluding carboxylic acids is 1. The summed E-state index contributed by atoms with van der Waals surface area (Å²) in [6.45, 7) is 3.48. The number of amides is 1. The Bertz CT molecular complexity index is 545. The molecular weight excluding hydrogens is 313 g/mol. The van der Waals surface area contributed by atoms with Gasteiger partial charge in [-0.15, -0.1) is 0 Å². The third-order valence-corrected chi connectivity index (χ3v) is 3.29. The number of hydrogen-bond acceptors (Lipinski definition) is 5. The lowest BCUT2D eigenvalue weighted by Gasteiger charge is -2.23. The SMILES string of the molecule is Cc1cc(C(F)(F)F)nc(CCNC(=O)CC2COCCN2)n1. The minimum atomic E-state index is -4.50. The molecule has 1 atom stereocenters. The molecule has 0 aromatic carbocycles. The van der Waals surface area contributed by atoms with Gasteiger partial charge in [-0.25, -0.2) is 9.97 Å². The zero-order valence-corrected chi connectivity index (χ0v) is 12.7. The van der Waals surface area contributed by atoms with E-state index in [9.17, 15) is 18.0 Å². The van der Waals surface area contributed by atoms with E-state index in [1.807, 2.05) is 0 Å². The first-order valence-electron chi connectivity index (χ1n) is 7.34. The molecular formula is C14H19F3N4O2. The van der Waals surface area contributed by atoms with Gasteiger partial charge < -0.3 is 15.4 Å². The third-order valence-electron chi connectivity index (χ3n) is 3.29. The van der Waals surface area contributed by atoms with Crippen LogP contribution in [-0.4, -0.2) is 48.2 Å². The molecule has 6 nitrogen and oxygen atoms in total. The van der Waals surface area contributed by atoms with Gasteiger partial charge >= 0.3 is 6.18 Å². The standard InChI is InChI=1S/C14H19F3N4O2/c1-9-6-11(14(15,16)17)21-12(20-9)2-3-19-13(22)7-10-8-23-5-4-18-10/h6,10,18H,2-5,7-8H2,1H3,(H,19,22). The van der Waals surface area contributed by atoms with Gasteiger partial charge in [0, 0.05) is 37.7 Å². The van der Waals surface area contributed by atoms with E-state index in [0.717, 1.165) is 6.07 Å². The van der Waals surface area contributed by atoms with Gasteiger partial charge in [0.15, 0.2) is 0 Å². The second-order valence-electron chi connectivity index (χ2n) is 5.34. The van der Waals surface area contributed by atoms with E-state index in [1.165, 1.54) is 6.92 Å².